The zero-order valence-electron chi connectivity index (χ0n) is 28.1. The van der Waals surface area contributed by atoms with Crippen molar-refractivity contribution in [2.45, 2.75) is 76.9 Å². The van der Waals surface area contributed by atoms with Crippen molar-refractivity contribution in [2.75, 3.05) is 23.4 Å². The largest absolute Gasteiger partial charge is 0.413 e. The number of pyridine rings is 2. The summed E-state index contributed by atoms with van der Waals surface area (Å²) < 4.78 is 80.5. The van der Waals surface area contributed by atoms with E-state index in [-0.39, 0.29) is 35.2 Å². The molecule has 0 bridgehead atoms. The molecule has 0 radical (unpaired) electrons. The maximum Gasteiger partial charge on any atom is 0.413 e. The Morgan fingerprint density at radius 2 is 1.80 bits per heavy atom. The summed E-state index contributed by atoms with van der Waals surface area (Å²) in [5.41, 5.74) is 0.295. The van der Waals surface area contributed by atoms with Crippen LogP contribution in [-0.2, 0) is 15.4 Å². The molecule has 10 nitrogen and oxygen atoms in total. The summed E-state index contributed by atoms with van der Waals surface area (Å²) in [6, 6.07) is 7.14. The zero-order valence-corrected chi connectivity index (χ0v) is 28.9. The molecule has 4 aromatic rings. The molecule has 49 heavy (non-hydrogen) atoms. The number of hydrogen-bond acceptors (Lipinski definition) is 9. The summed E-state index contributed by atoms with van der Waals surface area (Å²) in [7, 11) is -3.59. The first-order chi connectivity index (χ1) is 22.7. The predicted octanol–water partition coefficient (Wildman–Crippen LogP) is 6.43. The molecule has 2 N–H and O–H groups in total. The number of hydrogen-bond donors (Lipinski definition) is 2. The lowest BCUT2D eigenvalue weighted by Crippen LogP contribution is -2.35. The fraction of sp³-hybridized carbons (Fsp3) is 0.441. The molecule has 0 spiro atoms. The number of anilines is 2. The summed E-state index contributed by atoms with van der Waals surface area (Å²) in [5.74, 6) is 5.07. The van der Waals surface area contributed by atoms with Crippen molar-refractivity contribution in [3.8, 4) is 17.9 Å². The van der Waals surface area contributed by atoms with Gasteiger partial charge in [-0.3, -0.25) is 4.98 Å². The van der Waals surface area contributed by atoms with E-state index in [1.54, 1.807) is 19.1 Å². The Morgan fingerprint density at radius 3 is 2.37 bits per heavy atom. The number of halogens is 4. The van der Waals surface area contributed by atoms with Crippen LogP contribution in [0.5, 0.6) is 0 Å². The molecule has 1 aromatic carbocycles. The van der Waals surface area contributed by atoms with Crippen molar-refractivity contribution < 1.29 is 26.0 Å². The van der Waals surface area contributed by atoms with Gasteiger partial charge >= 0.3 is 6.18 Å². The summed E-state index contributed by atoms with van der Waals surface area (Å²) in [5, 5.41) is 25.1. The highest BCUT2D eigenvalue weighted by Gasteiger charge is 2.66. The molecule has 3 aromatic heterocycles. The van der Waals surface area contributed by atoms with Crippen LogP contribution in [0.15, 0.2) is 36.7 Å². The van der Waals surface area contributed by atoms with Gasteiger partial charge in [-0.1, -0.05) is 43.9 Å². The third kappa shape index (κ3) is 7.17. The normalized spacial score (nSPS) is 15.2. The van der Waals surface area contributed by atoms with Gasteiger partial charge in [-0.25, -0.2) is 18.1 Å². The number of alkyl halides is 3. The van der Waals surface area contributed by atoms with Crippen LogP contribution in [0.2, 0.25) is 0 Å². The third-order valence-electron chi connectivity index (χ3n) is 8.52. The monoisotopic (exact) mass is 696 g/mol. The Morgan fingerprint density at radius 1 is 1.10 bits per heavy atom. The van der Waals surface area contributed by atoms with Crippen LogP contribution >= 0.6 is 0 Å². The Kier molecular flexibility index (Phi) is 8.91. The molecule has 1 atom stereocenters. The fourth-order valence-electron chi connectivity index (χ4n) is 5.12. The number of benzene rings is 1. The standard InChI is InChI=1S/C34H36F4N8O2S/c1-20-24(8-9-27(35)42-20)30(26-18-46(45-44-26)33(12-13-33)34(36,37)38)43-23-14-21(10-11-32(5,6)49(7,47)48)28-25(15-23)29(22(16-39)17-40-28)41-19-31(2,3)4/h8-9,14-15,17-18,30,43H,12-13,19H2,1-7H3,(H,40,41)/t30-/m0/s1. The zero-order chi connectivity index (χ0) is 36.2. The lowest BCUT2D eigenvalue weighted by atomic mass is 9.96. The summed E-state index contributed by atoms with van der Waals surface area (Å²) in [6.45, 7) is 11.1. The van der Waals surface area contributed by atoms with Crippen molar-refractivity contribution in [2.24, 2.45) is 5.41 Å². The molecular formula is C34H36F4N8O2S. The minimum atomic E-state index is -4.54. The number of nitriles is 1. The Balaban J connectivity index is 1.73. The predicted molar refractivity (Wildman–Crippen MR) is 178 cm³/mol. The molecule has 258 valence electrons. The van der Waals surface area contributed by atoms with Gasteiger partial charge in [0.05, 0.1) is 34.6 Å². The third-order valence-corrected chi connectivity index (χ3v) is 10.5. The number of rotatable bonds is 8. The van der Waals surface area contributed by atoms with Gasteiger partial charge in [0, 0.05) is 41.3 Å². The maximum absolute atomic E-state index is 14.1. The SMILES string of the molecule is Cc1nc(F)ccc1[C@H](Nc1cc(C#CC(C)(C)S(C)(=O)=O)c2ncc(C#N)c(NCC(C)(C)C)c2c1)c1cn(C2(C(F)(F)F)CC2)nn1. The van der Waals surface area contributed by atoms with Crippen LogP contribution in [0.4, 0.5) is 28.9 Å². The first kappa shape index (κ1) is 35.5. The first-order valence-corrected chi connectivity index (χ1v) is 17.3. The minimum Gasteiger partial charge on any atom is -0.383 e. The molecule has 1 fully saturated rings. The Labute approximate surface area is 282 Å². The van der Waals surface area contributed by atoms with E-state index in [0.29, 0.717) is 39.9 Å². The molecule has 15 heteroatoms. The van der Waals surface area contributed by atoms with Gasteiger partial charge in [-0.05, 0) is 57.2 Å². The molecule has 0 unspecified atom stereocenters. The number of sulfone groups is 1. The summed E-state index contributed by atoms with van der Waals surface area (Å²) >= 11 is 0. The van der Waals surface area contributed by atoms with E-state index in [2.05, 4.69) is 48.8 Å². The van der Waals surface area contributed by atoms with Crippen LogP contribution in [-0.4, -0.2) is 57.1 Å². The molecule has 0 saturated heterocycles. The molecule has 1 aliphatic carbocycles. The summed E-state index contributed by atoms with van der Waals surface area (Å²) in [6.07, 6.45) is -1.08. The highest BCUT2D eigenvalue weighted by molar-refractivity contribution is 7.92. The van der Waals surface area contributed by atoms with Crippen molar-refractivity contribution in [1.82, 2.24) is 25.0 Å². The molecule has 1 aliphatic rings. The van der Waals surface area contributed by atoms with Gasteiger partial charge in [0.25, 0.3) is 0 Å². The van der Waals surface area contributed by atoms with Crippen LogP contribution in [0.3, 0.4) is 0 Å². The number of nitrogens with one attached hydrogen (secondary N) is 2. The second-order valence-electron chi connectivity index (χ2n) is 14.0. The molecule has 1 saturated carbocycles. The smallest absolute Gasteiger partial charge is 0.383 e. The van der Waals surface area contributed by atoms with Gasteiger partial charge in [0.2, 0.25) is 5.95 Å². The Hall–Kier alpha value is -4.76. The summed E-state index contributed by atoms with van der Waals surface area (Å²) in [4.78, 5) is 8.44. The van der Waals surface area contributed by atoms with E-state index >= 15 is 0 Å². The number of nitrogens with zero attached hydrogens (tertiary/aromatic N) is 6. The molecular weight excluding hydrogens is 660 g/mol. The molecule has 5 rings (SSSR count). The number of aryl methyl sites for hydroxylation is 1. The van der Waals surface area contributed by atoms with Gasteiger partial charge < -0.3 is 10.6 Å². The van der Waals surface area contributed by atoms with Crippen LogP contribution in [0.1, 0.15) is 81.6 Å². The van der Waals surface area contributed by atoms with E-state index in [0.717, 1.165) is 17.0 Å². The van der Waals surface area contributed by atoms with E-state index in [9.17, 15) is 31.2 Å². The highest BCUT2D eigenvalue weighted by Crippen LogP contribution is 2.55. The topological polar surface area (TPSA) is 138 Å². The van der Waals surface area contributed by atoms with Crippen molar-refractivity contribution >= 4 is 32.1 Å². The van der Waals surface area contributed by atoms with Gasteiger partial charge in [0.1, 0.15) is 16.5 Å². The van der Waals surface area contributed by atoms with E-state index in [1.807, 2.05) is 20.8 Å². The average molecular weight is 697 g/mol. The van der Waals surface area contributed by atoms with Crippen molar-refractivity contribution in [3.05, 3.63) is 70.7 Å². The van der Waals surface area contributed by atoms with Gasteiger partial charge in [-0.15, -0.1) is 5.10 Å². The van der Waals surface area contributed by atoms with E-state index in [1.165, 1.54) is 32.3 Å². The van der Waals surface area contributed by atoms with Crippen molar-refractivity contribution in [1.29, 1.82) is 5.26 Å². The highest BCUT2D eigenvalue weighted by atomic mass is 32.2. The minimum absolute atomic E-state index is 0.118. The lowest BCUT2D eigenvalue weighted by molar-refractivity contribution is -0.182. The van der Waals surface area contributed by atoms with E-state index in [4.69, 9.17) is 0 Å². The Bertz CT molecular complexity index is 2150. The first-order valence-electron chi connectivity index (χ1n) is 15.4. The average Bonchev–Trinajstić information content (AvgIpc) is 3.68. The second-order valence-corrected chi connectivity index (χ2v) is 16.6. The van der Waals surface area contributed by atoms with E-state index < -0.39 is 38.3 Å². The number of fused-ring (bicyclic) bond motifs is 1. The van der Waals surface area contributed by atoms with Crippen molar-refractivity contribution in [3.63, 3.8) is 0 Å². The second kappa shape index (κ2) is 12.3. The van der Waals surface area contributed by atoms with Crippen LogP contribution in [0.25, 0.3) is 10.9 Å². The number of aromatic nitrogens is 5. The van der Waals surface area contributed by atoms with Crippen LogP contribution in [0, 0.1) is 41.5 Å². The molecule has 3 heterocycles. The van der Waals surface area contributed by atoms with Gasteiger partial charge in [-0.2, -0.15) is 22.8 Å². The van der Waals surface area contributed by atoms with Gasteiger partial charge in [0.15, 0.2) is 15.4 Å². The fourth-order valence-corrected chi connectivity index (χ4v) is 5.36. The van der Waals surface area contributed by atoms with Crippen LogP contribution < -0.4 is 10.6 Å². The molecule has 0 aliphatic heterocycles. The quantitative estimate of drug-likeness (QED) is 0.121. The molecule has 0 amide bonds. The lowest BCUT2D eigenvalue weighted by Gasteiger charge is -2.23. The maximum atomic E-state index is 14.1.